The summed E-state index contributed by atoms with van der Waals surface area (Å²) in [4.78, 5) is 14.0. The van der Waals surface area contributed by atoms with Crippen molar-refractivity contribution in [1.29, 1.82) is 0 Å². The number of rotatable bonds is 4. The van der Waals surface area contributed by atoms with E-state index in [9.17, 15) is 4.79 Å². The van der Waals surface area contributed by atoms with Crippen LogP contribution in [0.15, 0.2) is 0 Å². The number of hydrogen-bond donors (Lipinski definition) is 1. The quantitative estimate of drug-likeness (QED) is 0.769. The number of nitrogens with zero attached hydrogens (tertiary/aromatic N) is 1. The Morgan fingerprint density at radius 2 is 2.31 bits per heavy atom. The van der Waals surface area contributed by atoms with E-state index >= 15 is 0 Å². The zero-order valence-corrected chi connectivity index (χ0v) is 9.86. The number of likely N-dealkylation sites (tertiary alicyclic amines) is 1. The van der Waals surface area contributed by atoms with Gasteiger partial charge in [-0.3, -0.25) is 4.79 Å². The molecule has 1 amide bonds. The molecule has 4 nitrogen and oxygen atoms in total. The monoisotopic (exact) mass is 226 g/mol. The SMILES string of the molecule is NCC1CCCN1C(=O)CCC1CCOC1. The normalized spacial score (nSPS) is 29.9. The summed E-state index contributed by atoms with van der Waals surface area (Å²) in [6, 6.07) is 0.298. The fourth-order valence-corrected chi connectivity index (χ4v) is 2.69. The van der Waals surface area contributed by atoms with Crippen LogP contribution in [0, 0.1) is 5.92 Å². The molecule has 0 aliphatic carbocycles. The second kappa shape index (κ2) is 5.64. The molecule has 0 bridgehead atoms. The third-order valence-electron chi connectivity index (χ3n) is 3.76. The number of carbonyl (C=O) groups is 1. The van der Waals surface area contributed by atoms with Crippen LogP contribution in [-0.2, 0) is 9.53 Å². The van der Waals surface area contributed by atoms with E-state index in [2.05, 4.69) is 0 Å². The van der Waals surface area contributed by atoms with Gasteiger partial charge < -0.3 is 15.4 Å². The minimum absolute atomic E-state index is 0.292. The molecule has 16 heavy (non-hydrogen) atoms. The van der Waals surface area contributed by atoms with Crippen molar-refractivity contribution in [1.82, 2.24) is 4.90 Å². The average molecular weight is 226 g/mol. The summed E-state index contributed by atoms with van der Waals surface area (Å²) >= 11 is 0. The first-order chi connectivity index (χ1) is 7.81. The number of nitrogens with two attached hydrogens (primary N) is 1. The molecule has 2 aliphatic heterocycles. The first-order valence-corrected chi connectivity index (χ1v) is 6.38. The van der Waals surface area contributed by atoms with Crippen molar-refractivity contribution < 1.29 is 9.53 Å². The Morgan fingerprint density at radius 1 is 1.44 bits per heavy atom. The van der Waals surface area contributed by atoms with E-state index in [0.29, 0.717) is 30.8 Å². The molecular formula is C12H22N2O2. The van der Waals surface area contributed by atoms with Crippen LogP contribution in [0.4, 0.5) is 0 Å². The van der Waals surface area contributed by atoms with Crippen molar-refractivity contribution in [2.24, 2.45) is 11.7 Å². The molecule has 2 saturated heterocycles. The minimum atomic E-state index is 0.292. The Labute approximate surface area is 97.1 Å². The van der Waals surface area contributed by atoms with Gasteiger partial charge >= 0.3 is 0 Å². The molecule has 4 heteroatoms. The van der Waals surface area contributed by atoms with Crippen molar-refractivity contribution in [2.75, 3.05) is 26.3 Å². The number of hydrogen-bond acceptors (Lipinski definition) is 3. The van der Waals surface area contributed by atoms with Gasteiger partial charge in [0.25, 0.3) is 0 Å². The van der Waals surface area contributed by atoms with Crippen LogP contribution < -0.4 is 5.73 Å². The Bertz CT molecular complexity index is 239. The van der Waals surface area contributed by atoms with E-state index in [0.717, 1.165) is 45.4 Å². The van der Waals surface area contributed by atoms with Crippen LogP contribution in [0.5, 0.6) is 0 Å². The van der Waals surface area contributed by atoms with Gasteiger partial charge in [-0.1, -0.05) is 0 Å². The lowest BCUT2D eigenvalue weighted by Gasteiger charge is -2.23. The number of ether oxygens (including phenoxy) is 1. The Kier molecular flexibility index (Phi) is 4.18. The highest BCUT2D eigenvalue weighted by Gasteiger charge is 2.27. The highest BCUT2D eigenvalue weighted by Crippen LogP contribution is 2.21. The Hall–Kier alpha value is -0.610. The van der Waals surface area contributed by atoms with Crippen LogP contribution in [0.3, 0.4) is 0 Å². The molecule has 0 aromatic carbocycles. The zero-order valence-electron chi connectivity index (χ0n) is 9.86. The summed E-state index contributed by atoms with van der Waals surface area (Å²) in [5.74, 6) is 0.891. The minimum Gasteiger partial charge on any atom is -0.381 e. The molecule has 0 aromatic rings. The van der Waals surface area contributed by atoms with Crippen LogP contribution >= 0.6 is 0 Å². The molecule has 0 aromatic heterocycles. The number of amides is 1. The van der Waals surface area contributed by atoms with E-state index in [-0.39, 0.29) is 0 Å². The molecule has 2 aliphatic rings. The smallest absolute Gasteiger partial charge is 0.222 e. The fourth-order valence-electron chi connectivity index (χ4n) is 2.69. The van der Waals surface area contributed by atoms with Crippen molar-refractivity contribution in [3.8, 4) is 0 Å². The van der Waals surface area contributed by atoms with Crippen LogP contribution in [0.1, 0.15) is 32.1 Å². The van der Waals surface area contributed by atoms with Crippen LogP contribution in [0.25, 0.3) is 0 Å². The summed E-state index contributed by atoms with van der Waals surface area (Å²) in [6.45, 7) is 3.22. The lowest BCUT2D eigenvalue weighted by Crippen LogP contribution is -2.39. The molecule has 92 valence electrons. The zero-order chi connectivity index (χ0) is 11.4. The average Bonchev–Trinajstić information content (AvgIpc) is 2.96. The van der Waals surface area contributed by atoms with E-state index in [1.165, 1.54) is 0 Å². The molecule has 0 spiro atoms. The molecule has 2 heterocycles. The summed E-state index contributed by atoms with van der Waals surface area (Å²) in [5, 5.41) is 0. The summed E-state index contributed by atoms with van der Waals surface area (Å²) in [5.41, 5.74) is 5.67. The third-order valence-corrected chi connectivity index (χ3v) is 3.76. The van der Waals surface area contributed by atoms with Crippen LogP contribution in [-0.4, -0.2) is 43.2 Å². The van der Waals surface area contributed by atoms with E-state index < -0.39 is 0 Å². The molecular weight excluding hydrogens is 204 g/mol. The standard InChI is InChI=1S/C12H22N2O2/c13-8-11-2-1-6-14(11)12(15)4-3-10-5-7-16-9-10/h10-11H,1-9,13H2. The topological polar surface area (TPSA) is 55.6 Å². The molecule has 2 fully saturated rings. The van der Waals surface area contributed by atoms with Gasteiger partial charge in [-0.25, -0.2) is 0 Å². The van der Waals surface area contributed by atoms with E-state index in [4.69, 9.17) is 10.5 Å². The van der Waals surface area contributed by atoms with Gasteiger partial charge in [0.2, 0.25) is 5.91 Å². The molecule has 0 radical (unpaired) electrons. The maximum Gasteiger partial charge on any atom is 0.222 e. The summed E-state index contributed by atoms with van der Waals surface area (Å²) in [7, 11) is 0. The molecule has 2 rings (SSSR count). The van der Waals surface area contributed by atoms with E-state index in [1.54, 1.807) is 0 Å². The maximum atomic E-state index is 12.0. The molecule has 0 saturated carbocycles. The molecule has 2 N–H and O–H groups in total. The van der Waals surface area contributed by atoms with Gasteiger partial charge in [0, 0.05) is 38.8 Å². The first kappa shape index (κ1) is 11.9. The number of carbonyl (C=O) groups excluding carboxylic acids is 1. The van der Waals surface area contributed by atoms with Gasteiger partial charge in [0.05, 0.1) is 0 Å². The van der Waals surface area contributed by atoms with Gasteiger partial charge in [0.1, 0.15) is 0 Å². The van der Waals surface area contributed by atoms with Crippen molar-refractivity contribution in [2.45, 2.75) is 38.1 Å². The first-order valence-electron chi connectivity index (χ1n) is 6.38. The van der Waals surface area contributed by atoms with Crippen molar-refractivity contribution in [3.63, 3.8) is 0 Å². The third kappa shape index (κ3) is 2.74. The van der Waals surface area contributed by atoms with Gasteiger partial charge in [-0.05, 0) is 31.6 Å². The Balaban J connectivity index is 1.74. The summed E-state index contributed by atoms with van der Waals surface area (Å²) in [6.07, 6.45) is 4.96. The van der Waals surface area contributed by atoms with Crippen LogP contribution in [0.2, 0.25) is 0 Å². The van der Waals surface area contributed by atoms with E-state index in [1.807, 2.05) is 4.90 Å². The molecule has 2 unspecified atom stereocenters. The fraction of sp³-hybridized carbons (Fsp3) is 0.917. The van der Waals surface area contributed by atoms with Gasteiger partial charge in [0.15, 0.2) is 0 Å². The van der Waals surface area contributed by atoms with Gasteiger partial charge in [-0.15, -0.1) is 0 Å². The van der Waals surface area contributed by atoms with Crippen molar-refractivity contribution in [3.05, 3.63) is 0 Å². The highest BCUT2D eigenvalue weighted by molar-refractivity contribution is 5.76. The molecule has 2 atom stereocenters. The predicted molar refractivity (Wildman–Crippen MR) is 61.9 cm³/mol. The second-order valence-corrected chi connectivity index (χ2v) is 4.89. The largest absolute Gasteiger partial charge is 0.381 e. The summed E-state index contributed by atoms with van der Waals surface area (Å²) < 4.78 is 5.31. The van der Waals surface area contributed by atoms with Gasteiger partial charge in [-0.2, -0.15) is 0 Å². The predicted octanol–water partition coefficient (Wildman–Crippen LogP) is 0.753. The Morgan fingerprint density at radius 3 is 3.00 bits per heavy atom. The van der Waals surface area contributed by atoms with Crippen molar-refractivity contribution >= 4 is 5.91 Å². The highest BCUT2D eigenvalue weighted by atomic mass is 16.5. The maximum absolute atomic E-state index is 12.0. The lowest BCUT2D eigenvalue weighted by atomic mass is 10.0. The lowest BCUT2D eigenvalue weighted by molar-refractivity contribution is -0.132. The second-order valence-electron chi connectivity index (χ2n) is 4.89.